The number of benzene rings is 1. The maximum atomic E-state index is 8.29. The van der Waals surface area contributed by atoms with Crippen molar-refractivity contribution >= 4 is 6.08 Å². The van der Waals surface area contributed by atoms with Gasteiger partial charge in [0.2, 0.25) is 0 Å². The molecule has 13 heavy (non-hydrogen) atoms. The largest absolute Gasteiger partial charge is 0.0862 e. The van der Waals surface area contributed by atoms with Gasteiger partial charge < -0.3 is 0 Å². The lowest BCUT2D eigenvalue weighted by molar-refractivity contribution is 0.794. The first-order chi connectivity index (χ1) is 6.40. The minimum absolute atomic E-state index is 0.0140. The number of hydrogen-bond acceptors (Lipinski definition) is 1. The Kier molecular flexibility index (Phi) is 2.02. The molecule has 2 rings (SSSR count). The van der Waals surface area contributed by atoms with Crippen LogP contribution in [0.3, 0.4) is 0 Å². The zero-order chi connectivity index (χ0) is 9.10. The lowest BCUT2D eigenvalue weighted by Gasteiger charge is -2.14. The van der Waals surface area contributed by atoms with Gasteiger partial charge in [-0.15, -0.1) is 0 Å². The first-order valence-corrected chi connectivity index (χ1v) is 4.20. The summed E-state index contributed by atoms with van der Waals surface area (Å²) in [7, 11) is 0. The van der Waals surface area contributed by atoms with E-state index in [0.717, 1.165) is 6.42 Å². The molecule has 0 saturated carbocycles. The monoisotopic (exact) mass is 171 g/mol. The van der Waals surface area contributed by atoms with Gasteiger partial charge in [0, 0.05) is 4.91 Å². The molecule has 1 aliphatic carbocycles. The Bertz CT molecular complexity index is 389. The molecule has 1 aromatic carbocycles. The summed E-state index contributed by atoms with van der Waals surface area (Å²) in [6.07, 6.45) is 4.77. The van der Waals surface area contributed by atoms with Crippen LogP contribution in [0.2, 0.25) is 0 Å². The van der Waals surface area contributed by atoms with Gasteiger partial charge in [0.1, 0.15) is 0 Å². The highest BCUT2D eigenvalue weighted by Gasteiger charge is 2.10. The SMILES string of the molecule is [N-]=[N+]=NC1C=Cc2ccccc2C1. The van der Waals surface area contributed by atoms with E-state index in [9.17, 15) is 0 Å². The molecule has 0 bridgehead atoms. The van der Waals surface area contributed by atoms with Gasteiger partial charge in [-0.25, -0.2) is 0 Å². The third-order valence-electron chi connectivity index (χ3n) is 2.18. The Hall–Kier alpha value is -1.73. The second-order valence-electron chi connectivity index (χ2n) is 3.03. The van der Waals surface area contributed by atoms with Crippen LogP contribution in [0, 0.1) is 0 Å². The second kappa shape index (κ2) is 3.33. The molecule has 0 saturated heterocycles. The Morgan fingerprint density at radius 3 is 3.08 bits per heavy atom. The first-order valence-electron chi connectivity index (χ1n) is 4.20. The Labute approximate surface area is 76.3 Å². The minimum atomic E-state index is -0.0140. The Morgan fingerprint density at radius 2 is 2.23 bits per heavy atom. The molecule has 1 unspecified atom stereocenters. The van der Waals surface area contributed by atoms with Gasteiger partial charge in [-0.3, -0.25) is 0 Å². The van der Waals surface area contributed by atoms with E-state index in [0.29, 0.717) is 0 Å². The average Bonchev–Trinajstić information content (AvgIpc) is 2.18. The quantitative estimate of drug-likeness (QED) is 0.354. The van der Waals surface area contributed by atoms with Crippen molar-refractivity contribution in [3.05, 3.63) is 51.9 Å². The van der Waals surface area contributed by atoms with Crippen LogP contribution in [-0.4, -0.2) is 6.04 Å². The van der Waals surface area contributed by atoms with Gasteiger partial charge in [-0.1, -0.05) is 41.5 Å². The first kappa shape index (κ1) is 7.90. The molecule has 64 valence electrons. The van der Waals surface area contributed by atoms with Crippen LogP contribution in [-0.2, 0) is 6.42 Å². The summed E-state index contributed by atoms with van der Waals surface area (Å²) in [6.45, 7) is 0. The van der Waals surface area contributed by atoms with E-state index in [2.05, 4.69) is 22.2 Å². The molecule has 0 spiro atoms. The highest BCUT2D eigenvalue weighted by molar-refractivity contribution is 5.57. The van der Waals surface area contributed by atoms with Gasteiger partial charge in [0.15, 0.2) is 0 Å². The molecule has 3 heteroatoms. The van der Waals surface area contributed by atoms with E-state index in [1.807, 2.05) is 24.3 Å². The summed E-state index contributed by atoms with van der Waals surface area (Å²) < 4.78 is 0. The minimum Gasteiger partial charge on any atom is -0.0862 e. The van der Waals surface area contributed by atoms with Gasteiger partial charge in [-0.05, 0) is 23.1 Å². The second-order valence-corrected chi connectivity index (χ2v) is 3.03. The number of rotatable bonds is 1. The van der Waals surface area contributed by atoms with E-state index < -0.39 is 0 Å². The molecule has 3 nitrogen and oxygen atoms in total. The normalized spacial score (nSPS) is 18.9. The summed E-state index contributed by atoms with van der Waals surface area (Å²) in [6, 6.07) is 8.14. The maximum Gasteiger partial charge on any atom is 0.0598 e. The zero-order valence-corrected chi connectivity index (χ0v) is 7.09. The van der Waals surface area contributed by atoms with Gasteiger partial charge in [-0.2, -0.15) is 0 Å². The molecule has 0 aromatic heterocycles. The molecule has 0 N–H and O–H groups in total. The molecule has 1 aliphatic rings. The van der Waals surface area contributed by atoms with Crippen molar-refractivity contribution in [2.75, 3.05) is 0 Å². The van der Waals surface area contributed by atoms with E-state index in [1.165, 1.54) is 11.1 Å². The van der Waals surface area contributed by atoms with Crippen LogP contribution in [0.5, 0.6) is 0 Å². The van der Waals surface area contributed by atoms with Crippen LogP contribution >= 0.6 is 0 Å². The molecule has 1 aromatic rings. The third-order valence-corrected chi connectivity index (χ3v) is 2.18. The van der Waals surface area contributed by atoms with Crippen LogP contribution in [0.15, 0.2) is 35.5 Å². The van der Waals surface area contributed by atoms with Crippen molar-refractivity contribution in [1.82, 2.24) is 0 Å². The number of fused-ring (bicyclic) bond motifs is 1. The van der Waals surface area contributed by atoms with Crippen molar-refractivity contribution in [3.63, 3.8) is 0 Å². The molecular formula is C10H9N3. The van der Waals surface area contributed by atoms with E-state index >= 15 is 0 Å². The molecule has 1 atom stereocenters. The smallest absolute Gasteiger partial charge is 0.0598 e. The summed E-state index contributed by atoms with van der Waals surface area (Å²) in [5.41, 5.74) is 10.8. The number of azide groups is 1. The topological polar surface area (TPSA) is 48.8 Å². The highest BCUT2D eigenvalue weighted by Crippen LogP contribution is 2.20. The zero-order valence-electron chi connectivity index (χ0n) is 7.09. The third kappa shape index (κ3) is 1.55. The molecule has 0 radical (unpaired) electrons. The fraction of sp³-hybridized carbons (Fsp3) is 0.200. The van der Waals surface area contributed by atoms with Gasteiger partial charge in [0.25, 0.3) is 0 Å². The van der Waals surface area contributed by atoms with Crippen molar-refractivity contribution in [3.8, 4) is 0 Å². The van der Waals surface area contributed by atoms with Crippen LogP contribution < -0.4 is 0 Å². The molecular weight excluding hydrogens is 162 g/mol. The maximum absolute atomic E-state index is 8.29. The van der Waals surface area contributed by atoms with E-state index in [-0.39, 0.29) is 6.04 Å². The van der Waals surface area contributed by atoms with Crippen molar-refractivity contribution in [2.45, 2.75) is 12.5 Å². The molecule has 0 heterocycles. The van der Waals surface area contributed by atoms with Crippen molar-refractivity contribution in [1.29, 1.82) is 0 Å². The van der Waals surface area contributed by atoms with Crippen molar-refractivity contribution in [2.24, 2.45) is 5.11 Å². The van der Waals surface area contributed by atoms with Crippen molar-refractivity contribution < 1.29 is 0 Å². The van der Waals surface area contributed by atoms with E-state index in [4.69, 9.17) is 5.53 Å². The van der Waals surface area contributed by atoms with Crippen LogP contribution in [0.25, 0.3) is 16.5 Å². The number of hydrogen-bond donors (Lipinski definition) is 0. The fourth-order valence-corrected chi connectivity index (χ4v) is 1.54. The van der Waals surface area contributed by atoms with E-state index in [1.54, 1.807) is 0 Å². The molecule has 0 amide bonds. The predicted octanol–water partition coefficient (Wildman–Crippen LogP) is 2.93. The lowest BCUT2D eigenvalue weighted by atomic mass is 9.95. The Balaban J connectivity index is 2.33. The summed E-state index contributed by atoms with van der Waals surface area (Å²) >= 11 is 0. The van der Waals surface area contributed by atoms with Gasteiger partial charge in [0.05, 0.1) is 6.04 Å². The Morgan fingerprint density at radius 1 is 1.38 bits per heavy atom. The lowest BCUT2D eigenvalue weighted by Crippen LogP contribution is -2.08. The summed E-state index contributed by atoms with van der Waals surface area (Å²) in [5, 5.41) is 3.68. The fourth-order valence-electron chi connectivity index (χ4n) is 1.54. The van der Waals surface area contributed by atoms with Gasteiger partial charge >= 0.3 is 0 Å². The highest BCUT2D eigenvalue weighted by atomic mass is 15.1. The summed E-state index contributed by atoms with van der Waals surface area (Å²) in [4.78, 5) is 2.81. The van der Waals surface area contributed by atoms with Crippen LogP contribution in [0.1, 0.15) is 11.1 Å². The number of nitrogens with zero attached hydrogens (tertiary/aromatic N) is 3. The predicted molar refractivity (Wildman–Crippen MR) is 52.1 cm³/mol. The standard InChI is InChI=1S/C10H9N3/c11-13-12-10-6-5-8-3-1-2-4-9(8)7-10/h1-6,10H,7H2. The summed E-state index contributed by atoms with van der Waals surface area (Å²) in [5.74, 6) is 0. The molecule has 0 fully saturated rings. The van der Waals surface area contributed by atoms with Crippen LogP contribution in [0.4, 0.5) is 0 Å². The average molecular weight is 171 g/mol. The molecule has 0 aliphatic heterocycles.